The van der Waals surface area contributed by atoms with Crippen molar-refractivity contribution in [3.63, 3.8) is 0 Å². The van der Waals surface area contributed by atoms with Gasteiger partial charge in [-0.1, -0.05) is 0 Å². The van der Waals surface area contributed by atoms with Crippen molar-refractivity contribution in [3.05, 3.63) is 0 Å². The minimum atomic E-state index is -2.22. The summed E-state index contributed by atoms with van der Waals surface area (Å²) in [4.78, 5) is 223. The molecule has 36 nitrogen and oxygen atoms in total. The highest BCUT2D eigenvalue weighted by Gasteiger charge is 2.36. The van der Waals surface area contributed by atoms with Gasteiger partial charge in [-0.15, -0.1) is 0 Å². The molecule has 0 spiro atoms. The number of aliphatic carboxylic acids is 6. The Hall–Kier alpha value is -9.54. The van der Waals surface area contributed by atoms with Crippen LogP contribution in [0.5, 0.6) is 0 Å². The second-order valence-electron chi connectivity index (χ2n) is 17.0. The summed E-state index contributed by atoms with van der Waals surface area (Å²) in [7, 11) is 0. The van der Waals surface area contributed by atoms with E-state index < -0.39 is 231 Å². The average molecular weight is 1120 g/mol. The number of carboxylic acids is 6. The summed E-state index contributed by atoms with van der Waals surface area (Å²) in [5.74, 6) is -24.9. The summed E-state index contributed by atoms with van der Waals surface area (Å²) in [5.41, 5.74) is 10.4. The quantitative estimate of drug-likeness (QED) is 0.0275. The third-order valence-corrected chi connectivity index (χ3v) is 10.3. The summed E-state index contributed by atoms with van der Waals surface area (Å²) in [6, 6.07) is -18.6. The highest BCUT2D eigenvalue weighted by atomic mass is 16.4. The molecule has 434 valence electrons. The molecule has 0 bridgehead atoms. The number of carbonyl (C=O) groups is 18. The topological polar surface area (TPSA) is 601 Å². The van der Waals surface area contributed by atoms with Crippen molar-refractivity contribution in [3.8, 4) is 0 Å². The van der Waals surface area contributed by atoms with Gasteiger partial charge in [0.25, 0.3) is 0 Å². The third kappa shape index (κ3) is 27.7. The zero-order valence-corrected chi connectivity index (χ0v) is 42.0. The Labute approximate surface area is 440 Å². The number of amides is 12. The predicted octanol–water partition coefficient (Wildman–Crippen LogP) is -8.71. The van der Waals surface area contributed by atoms with E-state index in [0.717, 1.165) is 27.7 Å². The molecule has 0 aliphatic carbocycles. The summed E-state index contributed by atoms with van der Waals surface area (Å²) in [6.45, 7) is 4.06. The smallest absolute Gasteiger partial charge is 0.305 e. The summed E-state index contributed by atoms with van der Waals surface area (Å²) >= 11 is 0. The van der Waals surface area contributed by atoms with Gasteiger partial charge in [0.05, 0.1) is 25.7 Å². The van der Waals surface area contributed by atoms with Gasteiger partial charge >= 0.3 is 35.8 Å². The van der Waals surface area contributed by atoms with E-state index in [1.54, 1.807) is 0 Å². The summed E-state index contributed by atoms with van der Waals surface area (Å²) < 4.78 is 0. The fourth-order valence-corrected chi connectivity index (χ4v) is 6.24. The van der Waals surface area contributed by atoms with E-state index in [1.165, 1.54) is 0 Å². The van der Waals surface area contributed by atoms with Crippen LogP contribution in [0, 0.1) is 0 Å². The van der Waals surface area contributed by atoms with Crippen molar-refractivity contribution < 1.29 is 117 Å². The van der Waals surface area contributed by atoms with E-state index in [9.17, 15) is 107 Å². The first-order chi connectivity index (χ1) is 36.0. The number of carboxylic acid groups (broad SMARTS) is 6. The van der Waals surface area contributed by atoms with Crippen LogP contribution in [-0.2, 0) is 86.3 Å². The number of nitrogens with one attached hydrogen (secondary N) is 10. The minimum Gasteiger partial charge on any atom is -0.481 e. The van der Waals surface area contributed by atoms with Crippen LogP contribution in [0.1, 0.15) is 91.9 Å². The lowest BCUT2D eigenvalue weighted by molar-refractivity contribution is -0.143. The van der Waals surface area contributed by atoms with Crippen molar-refractivity contribution in [2.24, 2.45) is 11.5 Å². The van der Waals surface area contributed by atoms with E-state index in [1.807, 2.05) is 26.6 Å². The van der Waals surface area contributed by atoms with Crippen LogP contribution < -0.4 is 64.6 Å². The molecule has 0 aliphatic heterocycles. The van der Waals surface area contributed by atoms with Crippen LogP contribution in [-0.4, -0.2) is 198 Å². The molecule has 0 rings (SSSR count). The molecule has 78 heavy (non-hydrogen) atoms. The van der Waals surface area contributed by atoms with Crippen LogP contribution in [0.4, 0.5) is 0 Å². The first-order valence-corrected chi connectivity index (χ1v) is 22.9. The predicted molar refractivity (Wildman–Crippen MR) is 252 cm³/mol. The first kappa shape index (κ1) is 68.5. The van der Waals surface area contributed by atoms with Gasteiger partial charge in [-0.05, 0) is 40.0 Å². The normalized spacial score (nSPS) is 14.5. The number of hydrogen-bond donors (Lipinski definition) is 18. The fourth-order valence-electron chi connectivity index (χ4n) is 6.24. The Bertz CT molecular complexity index is 2330. The SMILES string of the molecule is CC(=O)N[C@H](CC(=O)O)C(=O)N[C@H](C)C(=O)N[C@H](CCC(=O)O)C(=O)N[C@H](CC(=O)O)C(=O)N[C@H](CC(N)=O)C(=O)N[C@H](C)C(=O)N[C@H](CC(=O)O)C(=O)N[C@H](CCC(=O)O)C(=O)N[C@H](CCC(=O)O)C(=O)N[C@H](C)C(N)=O. The third-order valence-electron chi connectivity index (χ3n) is 10.3. The molecule has 10 atom stereocenters. The van der Waals surface area contributed by atoms with Gasteiger partial charge in [-0.25, -0.2) is 0 Å². The number of carbonyl (C=O) groups excluding carboxylic acids is 12. The van der Waals surface area contributed by atoms with Crippen molar-refractivity contribution in [1.29, 1.82) is 0 Å². The zero-order chi connectivity index (χ0) is 60.3. The Kier molecular flexibility index (Phi) is 29.3. The molecule has 0 unspecified atom stereocenters. The molecular formula is C42H62N12O24. The zero-order valence-electron chi connectivity index (χ0n) is 42.0. The Morgan fingerprint density at radius 2 is 0.538 bits per heavy atom. The molecule has 36 heteroatoms. The Morgan fingerprint density at radius 1 is 0.308 bits per heavy atom. The molecule has 0 heterocycles. The lowest BCUT2D eigenvalue weighted by Crippen LogP contribution is -2.60. The van der Waals surface area contributed by atoms with Gasteiger partial charge in [0.2, 0.25) is 70.9 Å². The van der Waals surface area contributed by atoms with Gasteiger partial charge < -0.3 is 95.3 Å². The second-order valence-corrected chi connectivity index (χ2v) is 17.0. The molecule has 0 fully saturated rings. The molecule has 0 aromatic heterocycles. The summed E-state index contributed by atoms with van der Waals surface area (Å²) in [6.07, 6.45) is -9.16. The molecule has 0 aromatic carbocycles. The minimum absolute atomic E-state index is 0.614. The van der Waals surface area contributed by atoms with Gasteiger partial charge in [0, 0.05) is 26.2 Å². The van der Waals surface area contributed by atoms with Crippen LogP contribution in [0.25, 0.3) is 0 Å². The molecule has 0 radical (unpaired) electrons. The standard InChI is InChI=1S/C42H62N12O24/c1-15(33(44)69)45-36(72)19(5-8-27(57)58)50-37(73)21(7-10-29(61)62)51-41(77)24(13-31(65)66)52-35(71)17(3)46-39(75)22(11-26(43)56)53-42(78)25(14-32(67)68)54-38(74)20(6-9-28(59)60)49-34(70)16(2)47-40(76)23(12-30(63)64)48-18(4)55/h15-17,19-25H,5-14H2,1-4H3,(H2,43,56)(H2,44,69)(H,45,72)(H,46,75)(H,47,76)(H,48,55)(H,49,70)(H,50,73)(H,51,77)(H,52,71)(H,53,78)(H,54,74)(H,57,58)(H,59,60)(H,61,62)(H,63,64)(H,65,66)(H,67,68)/t15-,16-,17-,19-,20-,21-,22-,23-,24-,25-/m1/s1. The van der Waals surface area contributed by atoms with Gasteiger partial charge in [0.1, 0.15) is 60.4 Å². The van der Waals surface area contributed by atoms with Crippen molar-refractivity contribution in [1.82, 2.24) is 53.2 Å². The molecule has 12 amide bonds. The molecule has 0 aliphatic rings. The highest BCUT2D eigenvalue weighted by Crippen LogP contribution is 2.08. The second kappa shape index (κ2) is 33.4. The van der Waals surface area contributed by atoms with Crippen molar-refractivity contribution in [2.75, 3.05) is 0 Å². The van der Waals surface area contributed by atoms with Crippen molar-refractivity contribution >= 4 is 107 Å². The van der Waals surface area contributed by atoms with Crippen LogP contribution in [0.15, 0.2) is 0 Å². The Morgan fingerprint density at radius 3 is 0.821 bits per heavy atom. The number of rotatable bonds is 37. The molecule has 0 saturated heterocycles. The lowest BCUT2D eigenvalue weighted by Gasteiger charge is -2.26. The maximum atomic E-state index is 13.5. The maximum Gasteiger partial charge on any atom is 0.305 e. The lowest BCUT2D eigenvalue weighted by atomic mass is 10.1. The first-order valence-electron chi connectivity index (χ1n) is 22.9. The maximum absolute atomic E-state index is 13.5. The van der Waals surface area contributed by atoms with E-state index in [4.69, 9.17) is 21.7 Å². The largest absolute Gasteiger partial charge is 0.481 e. The van der Waals surface area contributed by atoms with Crippen molar-refractivity contribution in [2.45, 2.75) is 152 Å². The van der Waals surface area contributed by atoms with Crippen LogP contribution in [0.3, 0.4) is 0 Å². The molecule has 0 saturated carbocycles. The Balaban J connectivity index is 6.52. The molecular weight excluding hydrogens is 1060 g/mol. The van der Waals surface area contributed by atoms with Crippen LogP contribution in [0.2, 0.25) is 0 Å². The van der Waals surface area contributed by atoms with E-state index in [2.05, 4.69) is 26.6 Å². The highest BCUT2D eigenvalue weighted by molar-refractivity contribution is 6.01. The molecule has 0 aromatic rings. The number of nitrogens with two attached hydrogens (primary N) is 2. The number of primary amides is 2. The van der Waals surface area contributed by atoms with Gasteiger partial charge in [0.15, 0.2) is 0 Å². The van der Waals surface area contributed by atoms with Crippen LogP contribution >= 0.6 is 0 Å². The van der Waals surface area contributed by atoms with E-state index >= 15 is 0 Å². The van der Waals surface area contributed by atoms with E-state index in [-0.39, 0.29) is 0 Å². The average Bonchev–Trinajstić information content (AvgIpc) is 3.30. The van der Waals surface area contributed by atoms with Gasteiger partial charge in [-0.2, -0.15) is 0 Å². The van der Waals surface area contributed by atoms with Gasteiger partial charge in [-0.3, -0.25) is 86.3 Å². The monoisotopic (exact) mass is 1120 g/mol. The number of hydrogen-bond acceptors (Lipinski definition) is 18. The summed E-state index contributed by atoms with van der Waals surface area (Å²) in [5, 5.41) is 76.2. The van der Waals surface area contributed by atoms with E-state index in [0.29, 0.717) is 0 Å². The fraction of sp³-hybridized carbons (Fsp3) is 0.571. The molecule has 20 N–H and O–H groups in total.